The van der Waals surface area contributed by atoms with Crippen molar-refractivity contribution in [3.05, 3.63) is 70.5 Å². The predicted octanol–water partition coefficient (Wildman–Crippen LogP) is 5.38. The van der Waals surface area contributed by atoms with E-state index in [0.717, 1.165) is 28.2 Å². The van der Waals surface area contributed by atoms with Gasteiger partial charge in [-0.25, -0.2) is 4.68 Å². The molecule has 0 aliphatic rings. The van der Waals surface area contributed by atoms with E-state index in [1.165, 1.54) is 5.56 Å². The Balaban J connectivity index is 1.96. The van der Waals surface area contributed by atoms with Gasteiger partial charge in [-0.05, 0) is 48.9 Å². The van der Waals surface area contributed by atoms with Crippen LogP contribution in [0.25, 0.3) is 5.69 Å². The summed E-state index contributed by atoms with van der Waals surface area (Å²) in [4.78, 5) is 13.1. The molecular weight excluding hydrogens is 348 g/mol. The zero-order chi connectivity index (χ0) is 20.4. The Hall–Kier alpha value is -2.95. The zero-order valence-corrected chi connectivity index (χ0v) is 17.4. The van der Waals surface area contributed by atoms with Crippen molar-refractivity contribution in [3.8, 4) is 5.69 Å². The number of carbonyl (C=O) groups excluding carboxylic acids is 1. The van der Waals surface area contributed by atoms with Gasteiger partial charge >= 0.3 is 0 Å². The third kappa shape index (κ3) is 3.84. The van der Waals surface area contributed by atoms with Gasteiger partial charge < -0.3 is 5.32 Å². The molecule has 1 N–H and O–H groups in total. The van der Waals surface area contributed by atoms with Gasteiger partial charge in [0.05, 0.1) is 11.4 Å². The molecule has 146 valence electrons. The predicted molar refractivity (Wildman–Crippen MR) is 113 cm³/mol. The van der Waals surface area contributed by atoms with E-state index in [-0.39, 0.29) is 5.91 Å². The Morgan fingerprint density at radius 2 is 1.50 bits per heavy atom. The van der Waals surface area contributed by atoms with Crippen molar-refractivity contribution in [2.45, 2.75) is 53.4 Å². The Morgan fingerprint density at radius 3 is 2.04 bits per heavy atom. The van der Waals surface area contributed by atoms with Gasteiger partial charge in [-0.1, -0.05) is 68.8 Å². The number of anilines is 1. The highest BCUT2D eigenvalue weighted by molar-refractivity contribution is 6.04. The fourth-order valence-electron chi connectivity index (χ4n) is 3.34. The molecule has 0 saturated carbocycles. The molecule has 0 unspecified atom stereocenters. The molecule has 0 spiro atoms. The largest absolute Gasteiger partial charge is 0.320 e. The fourth-order valence-corrected chi connectivity index (χ4v) is 3.34. The molecule has 0 fully saturated rings. The number of para-hydroxylation sites is 1. The van der Waals surface area contributed by atoms with E-state index < -0.39 is 0 Å². The Labute approximate surface area is 166 Å². The topological polar surface area (TPSA) is 59.8 Å². The van der Waals surface area contributed by atoms with E-state index in [2.05, 4.69) is 61.5 Å². The van der Waals surface area contributed by atoms with Crippen LogP contribution in [0.3, 0.4) is 0 Å². The third-order valence-corrected chi connectivity index (χ3v) is 5.00. The van der Waals surface area contributed by atoms with Gasteiger partial charge in [-0.2, -0.15) is 0 Å². The smallest absolute Gasteiger partial charge is 0.278 e. The Morgan fingerprint density at radius 1 is 0.929 bits per heavy atom. The highest BCUT2D eigenvalue weighted by Crippen LogP contribution is 2.32. The lowest BCUT2D eigenvalue weighted by Crippen LogP contribution is -2.17. The number of hydrogen-bond acceptors (Lipinski definition) is 3. The lowest BCUT2D eigenvalue weighted by Gasteiger charge is -2.19. The van der Waals surface area contributed by atoms with E-state index in [1.807, 2.05) is 38.1 Å². The quantitative estimate of drug-likeness (QED) is 0.650. The van der Waals surface area contributed by atoms with Crippen LogP contribution in [0.4, 0.5) is 5.69 Å². The molecule has 0 atom stereocenters. The number of nitrogens with zero attached hydrogens (tertiary/aromatic N) is 3. The minimum atomic E-state index is -0.231. The number of aryl methyl sites for hydroxylation is 1. The first-order valence-electron chi connectivity index (χ1n) is 9.73. The first kappa shape index (κ1) is 19.8. The Bertz CT molecular complexity index is 958. The Kier molecular flexibility index (Phi) is 5.63. The molecule has 1 aromatic heterocycles. The number of nitrogens with one attached hydrogen (secondary N) is 1. The van der Waals surface area contributed by atoms with Crippen LogP contribution in [-0.2, 0) is 0 Å². The summed E-state index contributed by atoms with van der Waals surface area (Å²) in [7, 11) is 0. The molecule has 0 bridgehead atoms. The first-order chi connectivity index (χ1) is 13.3. The van der Waals surface area contributed by atoms with Crippen molar-refractivity contribution < 1.29 is 4.79 Å². The molecule has 0 aliphatic heterocycles. The van der Waals surface area contributed by atoms with Crippen LogP contribution in [0.2, 0.25) is 0 Å². The summed E-state index contributed by atoms with van der Waals surface area (Å²) in [6.07, 6.45) is 0. The summed E-state index contributed by atoms with van der Waals surface area (Å²) < 4.78 is 1.70. The second kappa shape index (κ2) is 7.97. The molecule has 28 heavy (non-hydrogen) atoms. The normalized spacial score (nSPS) is 11.3. The van der Waals surface area contributed by atoms with Gasteiger partial charge in [0.1, 0.15) is 0 Å². The summed E-state index contributed by atoms with van der Waals surface area (Å²) in [5.41, 5.74) is 6.27. The van der Waals surface area contributed by atoms with Crippen molar-refractivity contribution in [1.29, 1.82) is 0 Å². The molecule has 0 aliphatic carbocycles. The minimum absolute atomic E-state index is 0.231. The van der Waals surface area contributed by atoms with Crippen molar-refractivity contribution >= 4 is 11.6 Å². The summed E-state index contributed by atoms with van der Waals surface area (Å²) in [5.74, 6) is 0.377. The van der Waals surface area contributed by atoms with Crippen LogP contribution in [0.15, 0.2) is 42.5 Å². The second-order valence-corrected chi connectivity index (χ2v) is 7.85. The lowest BCUT2D eigenvalue weighted by molar-refractivity contribution is 0.102. The molecule has 1 heterocycles. The maximum absolute atomic E-state index is 13.1. The van der Waals surface area contributed by atoms with Crippen LogP contribution < -0.4 is 5.32 Å². The molecule has 3 aromatic rings. The van der Waals surface area contributed by atoms with Gasteiger partial charge in [0, 0.05) is 5.69 Å². The van der Waals surface area contributed by atoms with E-state index in [1.54, 1.807) is 4.68 Å². The van der Waals surface area contributed by atoms with Crippen LogP contribution in [0.5, 0.6) is 0 Å². The second-order valence-electron chi connectivity index (χ2n) is 7.85. The summed E-state index contributed by atoms with van der Waals surface area (Å²) in [5, 5.41) is 11.5. The van der Waals surface area contributed by atoms with Crippen LogP contribution >= 0.6 is 0 Å². The number of hydrogen-bond donors (Lipinski definition) is 1. The van der Waals surface area contributed by atoms with Crippen molar-refractivity contribution in [2.24, 2.45) is 0 Å². The fraction of sp³-hybridized carbons (Fsp3) is 0.348. The average molecular weight is 377 g/mol. The summed E-state index contributed by atoms with van der Waals surface area (Å²) in [6.45, 7) is 12.4. The highest BCUT2D eigenvalue weighted by atomic mass is 16.2. The van der Waals surface area contributed by atoms with E-state index in [9.17, 15) is 4.79 Å². The lowest BCUT2D eigenvalue weighted by atomic mass is 9.92. The van der Waals surface area contributed by atoms with E-state index in [4.69, 9.17) is 0 Å². The van der Waals surface area contributed by atoms with Gasteiger partial charge in [0.2, 0.25) is 0 Å². The monoisotopic (exact) mass is 376 g/mol. The number of amides is 1. The highest BCUT2D eigenvalue weighted by Gasteiger charge is 2.21. The summed E-state index contributed by atoms with van der Waals surface area (Å²) >= 11 is 0. The third-order valence-electron chi connectivity index (χ3n) is 5.00. The molecule has 0 radical (unpaired) electrons. The number of benzene rings is 2. The average Bonchev–Trinajstić information content (AvgIpc) is 3.03. The SMILES string of the molecule is Cc1ccc(-n2nnc(C(=O)Nc3c(C(C)C)cccc3C(C)C)c2C)cc1. The van der Waals surface area contributed by atoms with Crippen molar-refractivity contribution in [1.82, 2.24) is 15.0 Å². The molecule has 1 amide bonds. The van der Waals surface area contributed by atoms with Crippen LogP contribution in [0.1, 0.15) is 72.4 Å². The maximum Gasteiger partial charge on any atom is 0.278 e. The molecule has 0 saturated heterocycles. The van der Waals surface area contributed by atoms with Gasteiger partial charge in [-0.3, -0.25) is 4.79 Å². The standard InChI is InChI=1S/C23H28N4O/c1-14(2)19-8-7-9-20(15(3)4)22(19)24-23(28)21-17(6)27(26-25-21)18-12-10-16(5)11-13-18/h7-15H,1-6H3,(H,24,28). The number of aromatic nitrogens is 3. The molecule has 3 rings (SSSR count). The first-order valence-corrected chi connectivity index (χ1v) is 9.73. The molecule has 2 aromatic carbocycles. The van der Waals surface area contributed by atoms with Gasteiger partial charge in [0.15, 0.2) is 5.69 Å². The maximum atomic E-state index is 13.1. The number of rotatable bonds is 5. The number of carbonyl (C=O) groups is 1. The van der Waals surface area contributed by atoms with Crippen molar-refractivity contribution in [3.63, 3.8) is 0 Å². The zero-order valence-electron chi connectivity index (χ0n) is 17.4. The molecular formula is C23H28N4O. The minimum Gasteiger partial charge on any atom is -0.320 e. The van der Waals surface area contributed by atoms with Crippen LogP contribution in [-0.4, -0.2) is 20.9 Å². The molecule has 5 heteroatoms. The van der Waals surface area contributed by atoms with Gasteiger partial charge in [0.25, 0.3) is 5.91 Å². The summed E-state index contributed by atoms with van der Waals surface area (Å²) in [6, 6.07) is 14.2. The van der Waals surface area contributed by atoms with Crippen molar-refractivity contribution in [2.75, 3.05) is 5.32 Å². The van der Waals surface area contributed by atoms with Crippen LogP contribution in [0, 0.1) is 13.8 Å². The van der Waals surface area contributed by atoms with E-state index >= 15 is 0 Å². The van der Waals surface area contributed by atoms with E-state index in [0.29, 0.717) is 17.5 Å². The molecule has 5 nitrogen and oxygen atoms in total. The van der Waals surface area contributed by atoms with Gasteiger partial charge in [-0.15, -0.1) is 5.10 Å².